The maximum absolute atomic E-state index is 12.8. The second kappa shape index (κ2) is 10.1. The van der Waals surface area contributed by atoms with E-state index in [9.17, 15) is 9.59 Å². The highest BCUT2D eigenvalue weighted by molar-refractivity contribution is 6.02. The molecule has 3 aromatic rings. The van der Waals surface area contributed by atoms with Gasteiger partial charge in [-0.3, -0.25) is 14.5 Å². The normalized spacial score (nSPS) is 10.9. The Hall–Kier alpha value is -3.38. The van der Waals surface area contributed by atoms with Gasteiger partial charge in [-0.2, -0.15) is 0 Å². The lowest BCUT2D eigenvalue weighted by Gasteiger charge is -2.17. The molecule has 0 atom stereocenters. The summed E-state index contributed by atoms with van der Waals surface area (Å²) in [4.78, 5) is 26.0. The van der Waals surface area contributed by atoms with Gasteiger partial charge in [0.2, 0.25) is 5.91 Å². The Morgan fingerprint density at radius 2 is 1.61 bits per heavy atom. The molecule has 0 aliphatic heterocycles. The molecule has 0 heterocycles. The van der Waals surface area contributed by atoms with Crippen LogP contribution in [0.1, 0.15) is 22.8 Å². The standard InChI is InChI=1S/C25H28N2O4/c1-17(28)26-22-9-8-19-14-21(7-6-20(19)15-22)23(29)16-27(2)12-11-18-5-10-24(30-3)25(13-18)31-4/h5-10,13-15H,11-12,16H2,1-4H3,(H,26,28). The molecule has 162 valence electrons. The highest BCUT2D eigenvalue weighted by Gasteiger charge is 2.11. The summed E-state index contributed by atoms with van der Waals surface area (Å²) in [5.74, 6) is 1.37. The second-order valence-corrected chi connectivity index (χ2v) is 7.56. The van der Waals surface area contributed by atoms with Crippen molar-refractivity contribution in [1.29, 1.82) is 0 Å². The van der Waals surface area contributed by atoms with Crippen molar-refractivity contribution >= 4 is 28.2 Å². The van der Waals surface area contributed by atoms with Crippen LogP contribution in [-0.2, 0) is 11.2 Å². The summed E-state index contributed by atoms with van der Waals surface area (Å²) in [6.45, 7) is 2.56. The Bertz CT molecular complexity index is 1090. The summed E-state index contributed by atoms with van der Waals surface area (Å²) >= 11 is 0. The molecule has 0 aromatic heterocycles. The van der Waals surface area contributed by atoms with Gasteiger partial charge < -0.3 is 14.8 Å². The van der Waals surface area contributed by atoms with Crippen molar-refractivity contribution in [3.63, 3.8) is 0 Å². The molecule has 0 saturated carbocycles. The molecule has 0 aliphatic rings. The molecule has 6 nitrogen and oxygen atoms in total. The van der Waals surface area contributed by atoms with Crippen LogP contribution in [0.2, 0.25) is 0 Å². The van der Waals surface area contributed by atoms with Crippen molar-refractivity contribution in [2.75, 3.05) is 39.7 Å². The van der Waals surface area contributed by atoms with Crippen molar-refractivity contribution < 1.29 is 19.1 Å². The second-order valence-electron chi connectivity index (χ2n) is 7.56. The van der Waals surface area contributed by atoms with E-state index in [1.54, 1.807) is 14.2 Å². The maximum atomic E-state index is 12.8. The minimum atomic E-state index is -0.109. The predicted octanol–water partition coefficient (Wildman–Crippen LogP) is 4.17. The SMILES string of the molecule is COc1ccc(CCN(C)CC(=O)c2ccc3cc(NC(C)=O)ccc3c2)cc1OC. The molecule has 6 heteroatoms. The van der Waals surface area contributed by atoms with Crippen molar-refractivity contribution in [3.8, 4) is 11.5 Å². The fraction of sp³-hybridized carbons (Fsp3) is 0.280. The van der Waals surface area contributed by atoms with E-state index in [0.29, 0.717) is 23.6 Å². The lowest BCUT2D eigenvalue weighted by molar-refractivity contribution is -0.114. The lowest BCUT2D eigenvalue weighted by atomic mass is 10.0. The summed E-state index contributed by atoms with van der Waals surface area (Å²) in [5, 5.41) is 4.72. The Morgan fingerprint density at radius 3 is 2.32 bits per heavy atom. The molecule has 0 unspecified atom stereocenters. The zero-order valence-corrected chi connectivity index (χ0v) is 18.4. The van der Waals surface area contributed by atoms with Gasteiger partial charge >= 0.3 is 0 Å². The third-order valence-electron chi connectivity index (χ3n) is 5.13. The topological polar surface area (TPSA) is 67.9 Å². The number of rotatable bonds is 9. The third kappa shape index (κ3) is 5.83. The van der Waals surface area contributed by atoms with E-state index in [1.165, 1.54) is 6.92 Å². The highest BCUT2D eigenvalue weighted by atomic mass is 16.5. The molecule has 1 amide bonds. The van der Waals surface area contributed by atoms with Crippen LogP contribution in [-0.4, -0.2) is 50.9 Å². The third-order valence-corrected chi connectivity index (χ3v) is 5.13. The first kappa shape index (κ1) is 22.3. The molecule has 0 fully saturated rings. The number of nitrogens with zero attached hydrogens (tertiary/aromatic N) is 1. The first-order valence-corrected chi connectivity index (χ1v) is 10.1. The average Bonchev–Trinajstić information content (AvgIpc) is 2.76. The first-order valence-electron chi connectivity index (χ1n) is 10.1. The van der Waals surface area contributed by atoms with E-state index in [2.05, 4.69) is 5.32 Å². The quantitative estimate of drug-likeness (QED) is 0.526. The largest absolute Gasteiger partial charge is 0.493 e. The molecule has 3 aromatic carbocycles. The Balaban J connectivity index is 1.61. The Labute approximate surface area is 182 Å². The molecule has 1 N–H and O–H groups in total. The van der Waals surface area contributed by atoms with Crippen molar-refractivity contribution in [3.05, 3.63) is 65.7 Å². The van der Waals surface area contributed by atoms with Crippen molar-refractivity contribution in [2.45, 2.75) is 13.3 Å². The summed E-state index contributed by atoms with van der Waals surface area (Å²) in [5.41, 5.74) is 2.55. The first-order chi connectivity index (χ1) is 14.9. The van der Waals surface area contributed by atoms with Crippen LogP contribution < -0.4 is 14.8 Å². The lowest BCUT2D eigenvalue weighted by Crippen LogP contribution is -2.28. The molecule has 0 aliphatic carbocycles. The van der Waals surface area contributed by atoms with Gasteiger partial charge in [0, 0.05) is 24.7 Å². The van der Waals surface area contributed by atoms with E-state index in [-0.39, 0.29) is 11.7 Å². The van der Waals surface area contributed by atoms with E-state index in [1.807, 2.05) is 66.5 Å². The van der Waals surface area contributed by atoms with Gasteiger partial charge in [0.1, 0.15) is 0 Å². The van der Waals surface area contributed by atoms with Crippen LogP contribution >= 0.6 is 0 Å². The van der Waals surface area contributed by atoms with Gasteiger partial charge in [-0.05, 0) is 60.1 Å². The maximum Gasteiger partial charge on any atom is 0.221 e. The molecular formula is C25H28N2O4. The van der Waals surface area contributed by atoms with E-state index < -0.39 is 0 Å². The van der Waals surface area contributed by atoms with Crippen LogP contribution in [0.5, 0.6) is 11.5 Å². The Kier molecular flexibility index (Phi) is 7.26. The monoisotopic (exact) mass is 420 g/mol. The van der Waals surface area contributed by atoms with Crippen LogP contribution in [0.15, 0.2) is 54.6 Å². The number of hydrogen-bond acceptors (Lipinski definition) is 5. The summed E-state index contributed by atoms with van der Waals surface area (Å²) < 4.78 is 10.6. The van der Waals surface area contributed by atoms with E-state index >= 15 is 0 Å². The van der Waals surface area contributed by atoms with Gasteiger partial charge in [0.25, 0.3) is 0 Å². The van der Waals surface area contributed by atoms with Gasteiger partial charge in [0.05, 0.1) is 20.8 Å². The van der Waals surface area contributed by atoms with Crippen LogP contribution in [0.4, 0.5) is 5.69 Å². The molecular weight excluding hydrogens is 392 g/mol. The van der Waals surface area contributed by atoms with Crippen LogP contribution in [0.3, 0.4) is 0 Å². The van der Waals surface area contributed by atoms with Crippen molar-refractivity contribution in [2.24, 2.45) is 0 Å². The number of methoxy groups -OCH3 is 2. The zero-order chi connectivity index (χ0) is 22.4. The van der Waals surface area contributed by atoms with Gasteiger partial charge in [-0.15, -0.1) is 0 Å². The number of fused-ring (bicyclic) bond motifs is 1. The van der Waals surface area contributed by atoms with Gasteiger partial charge in [-0.25, -0.2) is 0 Å². The average molecular weight is 421 g/mol. The number of nitrogens with one attached hydrogen (secondary N) is 1. The number of anilines is 1. The number of likely N-dealkylation sites (N-methyl/N-ethyl adjacent to an activating group) is 1. The number of ether oxygens (including phenoxy) is 2. The molecule has 0 bridgehead atoms. The summed E-state index contributed by atoms with van der Waals surface area (Å²) in [7, 11) is 5.18. The molecule has 0 spiro atoms. The number of benzene rings is 3. The van der Waals surface area contributed by atoms with Crippen molar-refractivity contribution in [1.82, 2.24) is 4.90 Å². The smallest absolute Gasteiger partial charge is 0.221 e. The fourth-order valence-electron chi connectivity index (χ4n) is 3.47. The predicted molar refractivity (Wildman–Crippen MR) is 123 cm³/mol. The molecule has 0 radical (unpaired) electrons. The van der Waals surface area contributed by atoms with E-state index in [4.69, 9.17) is 9.47 Å². The molecule has 0 saturated heterocycles. The number of carbonyl (C=O) groups is 2. The number of Topliss-reactive ketones (excluding diaryl/α,β-unsaturated/α-hetero) is 1. The van der Waals surface area contributed by atoms with E-state index in [0.717, 1.165) is 35.0 Å². The van der Waals surface area contributed by atoms with Crippen LogP contribution in [0, 0.1) is 0 Å². The number of ketones is 1. The number of hydrogen-bond donors (Lipinski definition) is 1. The summed E-state index contributed by atoms with van der Waals surface area (Å²) in [6, 6.07) is 17.2. The van der Waals surface area contributed by atoms with Gasteiger partial charge in [-0.1, -0.05) is 24.3 Å². The molecule has 3 rings (SSSR count). The summed E-state index contributed by atoms with van der Waals surface area (Å²) in [6.07, 6.45) is 0.799. The Morgan fingerprint density at radius 1 is 0.903 bits per heavy atom. The zero-order valence-electron chi connectivity index (χ0n) is 18.4. The van der Waals surface area contributed by atoms with Crippen LogP contribution in [0.25, 0.3) is 10.8 Å². The minimum Gasteiger partial charge on any atom is -0.493 e. The minimum absolute atomic E-state index is 0.0719. The number of carbonyl (C=O) groups excluding carboxylic acids is 2. The molecule has 31 heavy (non-hydrogen) atoms. The highest BCUT2D eigenvalue weighted by Crippen LogP contribution is 2.27. The fourth-order valence-corrected chi connectivity index (χ4v) is 3.47. The van der Waals surface area contributed by atoms with Gasteiger partial charge in [0.15, 0.2) is 17.3 Å². The number of amides is 1.